The molecule has 0 saturated heterocycles. The first-order valence-electron chi connectivity index (χ1n) is 11.4. The lowest BCUT2D eigenvalue weighted by Gasteiger charge is -2.05. The van der Waals surface area contributed by atoms with Gasteiger partial charge in [-0.1, -0.05) is 83.3 Å². The van der Waals surface area contributed by atoms with Crippen LogP contribution in [0.15, 0.2) is 29.4 Å². The molecule has 1 aromatic rings. The smallest absolute Gasteiger partial charge is 0.278 e. The number of benzene rings is 1. The first-order chi connectivity index (χ1) is 15.0. The van der Waals surface area contributed by atoms with Crippen LogP contribution in [-0.2, 0) is 9.59 Å². The molecule has 0 unspecified atom stereocenters. The molecule has 8 nitrogen and oxygen atoms in total. The Balaban J connectivity index is 2.06. The van der Waals surface area contributed by atoms with E-state index in [2.05, 4.69) is 22.8 Å². The van der Waals surface area contributed by atoms with Gasteiger partial charge in [-0.15, -0.1) is 0 Å². The summed E-state index contributed by atoms with van der Waals surface area (Å²) in [6.45, 7) is 2.05. The number of amides is 2. The number of hydrogen-bond donors (Lipinski definition) is 2. The number of nitrogens with one attached hydrogen (secondary N) is 2. The van der Waals surface area contributed by atoms with Crippen molar-refractivity contribution < 1.29 is 14.5 Å². The molecule has 2 amide bonds. The highest BCUT2D eigenvalue weighted by Crippen LogP contribution is 2.15. The fourth-order valence-electron chi connectivity index (χ4n) is 3.19. The molecule has 0 bridgehead atoms. The van der Waals surface area contributed by atoms with Gasteiger partial charge in [0.05, 0.1) is 23.2 Å². The molecule has 0 atom stereocenters. The van der Waals surface area contributed by atoms with Crippen LogP contribution >= 0.6 is 0 Å². The Hall–Kier alpha value is -2.77. The maximum atomic E-state index is 11.8. The van der Waals surface area contributed by atoms with E-state index in [0.717, 1.165) is 19.3 Å². The predicted molar refractivity (Wildman–Crippen MR) is 123 cm³/mol. The lowest BCUT2D eigenvalue weighted by atomic mass is 10.1. The zero-order valence-corrected chi connectivity index (χ0v) is 18.6. The molecule has 1 rings (SSSR count). The van der Waals surface area contributed by atoms with E-state index in [-0.39, 0.29) is 23.7 Å². The maximum absolute atomic E-state index is 11.8. The minimum absolute atomic E-state index is 0.0965. The van der Waals surface area contributed by atoms with Crippen LogP contribution in [0.1, 0.15) is 89.5 Å². The molecule has 2 N–H and O–H groups in total. The van der Waals surface area contributed by atoms with Gasteiger partial charge in [0, 0.05) is 12.5 Å². The minimum atomic E-state index is -0.516. The Kier molecular flexibility index (Phi) is 14.4. The molecule has 0 aromatic heterocycles. The Morgan fingerprint density at radius 1 is 0.935 bits per heavy atom. The third-order valence-corrected chi connectivity index (χ3v) is 4.98. The molecular formula is C23H36N4O4. The van der Waals surface area contributed by atoms with Crippen LogP contribution in [-0.4, -0.2) is 29.5 Å². The molecule has 8 heteroatoms. The third-order valence-electron chi connectivity index (χ3n) is 4.98. The van der Waals surface area contributed by atoms with Crippen molar-refractivity contribution in [3.8, 4) is 0 Å². The summed E-state index contributed by atoms with van der Waals surface area (Å²) < 4.78 is 0. The molecule has 172 valence electrons. The quantitative estimate of drug-likeness (QED) is 0.158. The number of hydrazone groups is 1. The summed E-state index contributed by atoms with van der Waals surface area (Å²) in [6, 6.07) is 6.09. The maximum Gasteiger partial charge on any atom is 0.278 e. The lowest BCUT2D eigenvalue weighted by Crippen LogP contribution is -2.34. The summed E-state index contributed by atoms with van der Waals surface area (Å²) in [5.41, 5.74) is 2.45. The van der Waals surface area contributed by atoms with Crippen molar-refractivity contribution in [2.45, 2.75) is 84.0 Å². The highest BCUT2D eigenvalue weighted by molar-refractivity contribution is 5.88. The number of carbonyl (C=O) groups excluding carboxylic acids is 2. The van der Waals surface area contributed by atoms with Crippen LogP contribution in [0.5, 0.6) is 0 Å². The van der Waals surface area contributed by atoms with E-state index in [1.165, 1.54) is 69.7 Å². The molecular weight excluding hydrogens is 396 g/mol. The summed E-state index contributed by atoms with van der Waals surface area (Å²) in [5.74, 6) is -0.643. The van der Waals surface area contributed by atoms with Crippen LogP contribution < -0.4 is 10.7 Å². The molecule has 1 aromatic carbocycles. The van der Waals surface area contributed by atoms with E-state index >= 15 is 0 Å². The largest absolute Gasteiger partial charge is 0.347 e. The average Bonchev–Trinajstić information content (AvgIpc) is 2.76. The molecule has 0 heterocycles. The first kappa shape index (κ1) is 26.3. The van der Waals surface area contributed by atoms with Gasteiger partial charge in [-0.05, 0) is 12.5 Å². The molecule has 0 aliphatic heterocycles. The number of carbonyl (C=O) groups is 2. The zero-order chi connectivity index (χ0) is 22.7. The van der Waals surface area contributed by atoms with Gasteiger partial charge >= 0.3 is 0 Å². The number of rotatable bonds is 17. The summed E-state index contributed by atoms with van der Waals surface area (Å²) in [5, 5.41) is 17.2. The van der Waals surface area contributed by atoms with Gasteiger partial charge in [-0.2, -0.15) is 5.10 Å². The van der Waals surface area contributed by atoms with Crippen molar-refractivity contribution in [3.63, 3.8) is 0 Å². The van der Waals surface area contributed by atoms with Gasteiger partial charge in [0.2, 0.25) is 5.91 Å². The van der Waals surface area contributed by atoms with Gasteiger partial charge < -0.3 is 5.32 Å². The molecule has 0 aliphatic rings. The topological polar surface area (TPSA) is 114 Å². The van der Waals surface area contributed by atoms with E-state index < -0.39 is 10.8 Å². The van der Waals surface area contributed by atoms with Crippen molar-refractivity contribution in [3.05, 3.63) is 39.9 Å². The van der Waals surface area contributed by atoms with Gasteiger partial charge in [0.1, 0.15) is 0 Å². The molecule has 31 heavy (non-hydrogen) atoms. The number of unbranched alkanes of at least 4 members (excludes halogenated alkanes) is 10. The van der Waals surface area contributed by atoms with E-state index in [9.17, 15) is 19.7 Å². The molecule has 0 radical (unpaired) electrons. The number of nitro groups is 1. The van der Waals surface area contributed by atoms with E-state index in [4.69, 9.17) is 0 Å². The fraction of sp³-hybridized carbons (Fsp3) is 0.609. The van der Waals surface area contributed by atoms with Gasteiger partial charge in [-0.3, -0.25) is 19.7 Å². The van der Waals surface area contributed by atoms with Gasteiger partial charge in [0.25, 0.3) is 11.6 Å². The second-order valence-electron chi connectivity index (χ2n) is 7.67. The highest BCUT2D eigenvalue weighted by atomic mass is 16.6. The van der Waals surface area contributed by atoms with E-state index in [1.807, 2.05) is 0 Å². The van der Waals surface area contributed by atoms with Crippen molar-refractivity contribution >= 4 is 23.7 Å². The van der Waals surface area contributed by atoms with Crippen LogP contribution in [0.25, 0.3) is 0 Å². The van der Waals surface area contributed by atoms with Crippen LogP contribution in [0.3, 0.4) is 0 Å². The Morgan fingerprint density at radius 3 is 2.13 bits per heavy atom. The fourth-order valence-corrected chi connectivity index (χ4v) is 3.19. The summed E-state index contributed by atoms with van der Waals surface area (Å²) >= 11 is 0. The van der Waals surface area contributed by atoms with Crippen LogP contribution in [0.2, 0.25) is 0 Å². The molecule has 0 saturated carbocycles. The summed E-state index contributed by atoms with van der Waals surface area (Å²) in [7, 11) is 0. The summed E-state index contributed by atoms with van der Waals surface area (Å²) in [6.07, 6.45) is 15.1. The van der Waals surface area contributed by atoms with E-state index in [1.54, 1.807) is 12.1 Å². The average molecular weight is 433 g/mol. The predicted octanol–water partition coefficient (Wildman–Crippen LogP) is 4.86. The SMILES string of the molecule is CCCCCCCCCCCCCC(=O)NCC(=O)N/N=C\c1ccccc1[N+](=O)[O-]. The second-order valence-corrected chi connectivity index (χ2v) is 7.67. The van der Waals surface area contributed by atoms with Crippen LogP contribution in [0.4, 0.5) is 5.69 Å². The van der Waals surface area contributed by atoms with Crippen molar-refractivity contribution in [1.29, 1.82) is 0 Å². The molecule has 0 fully saturated rings. The van der Waals surface area contributed by atoms with Crippen molar-refractivity contribution in [1.82, 2.24) is 10.7 Å². The Morgan fingerprint density at radius 2 is 1.52 bits per heavy atom. The zero-order valence-electron chi connectivity index (χ0n) is 18.6. The third kappa shape index (κ3) is 13.2. The monoisotopic (exact) mass is 432 g/mol. The number of nitrogens with zero attached hydrogens (tertiary/aromatic N) is 2. The number of para-hydroxylation sites is 1. The summed E-state index contributed by atoms with van der Waals surface area (Å²) in [4.78, 5) is 34.0. The Labute approximate surface area is 185 Å². The first-order valence-corrected chi connectivity index (χ1v) is 11.4. The van der Waals surface area contributed by atoms with Gasteiger partial charge in [-0.25, -0.2) is 5.43 Å². The second kappa shape index (κ2) is 17.0. The van der Waals surface area contributed by atoms with Crippen molar-refractivity contribution in [2.75, 3.05) is 6.54 Å². The van der Waals surface area contributed by atoms with Gasteiger partial charge in [0.15, 0.2) is 0 Å². The minimum Gasteiger partial charge on any atom is -0.347 e. The standard InChI is InChI=1S/C23H36N4O4/c1-2-3-4-5-6-7-8-9-10-11-12-17-22(28)24-19-23(29)26-25-18-20-15-13-14-16-21(20)27(30)31/h13-16,18H,2-12,17,19H2,1H3,(H,24,28)(H,26,29)/b25-18-. The van der Waals surface area contributed by atoms with Crippen molar-refractivity contribution in [2.24, 2.45) is 5.10 Å². The normalized spacial score (nSPS) is 10.9. The van der Waals surface area contributed by atoms with Crippen LogP contribution in [0, 0.1) is 10.1 Å². The Bertz CT molecular complexity index is 707. The number of hydrogen-bond acceptors (Lipinski definition) is 5. The molecule has 0 aliphatic carbocycles. The van der Waals surface area contributed by atoms with E-state index in [0.29, 0.717) is 6.42 Å². The lowest BCUT2D eigenvalue weighted by molar-refractivity contribution is -0.385. The molecule has 0 spiro atoms. The highest BCUT2D eigenvalue weighted by Gasteiger charge is 2.10. The number of nitro benzene ring substituents is 1.